The minimum atomic E-state index is -0.546. The lowest BCUT2D eigenvalue weighted by molar-refractivity contribution is -0.116. The van der Waals surface area contributed by atoms with E-state index < -0.39 is 6.10 Å². The molecule has 1 atom stereocenters. The van der Waals surface area contributed by atoms with Gasteiger partial charge in [0.25, 0.3) is 0 Å². The summed E-state index contributed by atoms with van der Waals surface area (Å²) in [5.41, 5.74) is 0.765. The molecule has 0 bridgehead atoms. The van der Waals surface area contributed by atoms with Crippen LogP contribution in [0.5, 0.6) is 5.75 Å². The summed E-state index contributed by atoms with van der Waals surface area (Å²) in [6.07, 6.45) is 3.12. The molecule has 1 aromatic carbocycles. The molecule has 0 radical (unpaired) electrons. The average Bonchev–Trinajstić information content (AvgIpc) is 2.52. The van der Waals surface area contributed by atoms with Crippen molar-refractivity contribution in [3.8, 4) is 5.75 Å². The van der Waals surface area contributed by atoms with Crippen LogP contribution < -0.4 is 15.4 Å². The molecule has 0 spiro atoms. The van der Waals surface area contributed by atoms with Gasteiger partial charge in [-0.05, 0) is 30.7 Å². The first-order valence-electron chi connectivity index (χ1n) is 8.45. The second-order valence-corrected chi connectivity index (χ2v) is 6.06. The van der Waals surface area contributed by atoms with Crippen molar-refractivity contribution in [3.63, 3.8) is 0 Å². The molecule has 0 heterocycles. The topological polar surface area (TPSA) is 70.6 Å². The second kappa shape index (κ2) is 11.0. The van der Waals surface area contributed by atoms with Gasteiger partial charge in [0.15, 0.2) is 0 Å². The van der Waals surface area contributed by atoms with E-state index in [1.165, 1.54) is 0 Å². The van der Waals surface area contributed by atoms with E-state index in [1.807, 2.05) is 26.0 Å². The summed E-state index contributed by atoms with van der Waals surface area (Å²) >= 11 is 0. The van der Waals surface area contributed by atoms with Gasteiger partial charge >= 0.3 is 0 Å². The third-order valence-electron chi connectivity index (χ3n) is 3.35. The number of carbonyl (C=O) groups is 1. The first kappa shape index (κ1) is 19.5. The highest BCUT2D eigenvalue weighted by Gasteiger charge is 2.06. The smallest absolute Gasteiger partial charge is 0.224 e. The van der Waals surface area contributed by atoms with Crippen molar-refractivity contribution in [2.75, 3.05) is 18.5 Å². The molecule has 130 valence electrons. The minimum Gasteiger partial charge on any atom is -0.491 e. The van der Waals surface area contributed by atoms with E-state index in [2.05, 4.69) is 17.6 Å². The number of carbonyl (C=O) groups excluding carboxylic acids is 1. The van der Waals surface area contributed by atoms with E-state index >= 15 is 0 Å². The van der Waals surface area contributed by atoms with E-state index in [0.717, 1.165) is 24.9 Å². The van der Waals surface area contributed by atoms with Gasteiger partial charge in [-0.3, -0.25) is 4.79 Å². The lowest BCUT2D eigenvalue weighted by atomic mass is 10.2. The zero-order valence-corrected chi connectivity index (χ0v) is 14.5. The molecule has 0 aliphatic carbocycles. The highest BCUT2D eigenvalue weighted by atomic mass is 16.5. The fraction of sp³-hybridized carbons (Fsp3) is 0.611. The van der Waals surface area contributed by atoms with Crippen LogP contribution >= 0.6 is 0 Å². The van der Waals surface area contributed by atoms with Gasteiger partial charge in [0.05, 0.1) is 0 Å². The van der Waals surface area contributed by atoms with Gasteiger partial charge in [0.1, 0.15) is 18.5 Å². The summed E-state index contributed by atoms with van der Waals surface area (Å²) in [5.74, 6) is 0.722. The summed E-state index contributed by atoms with van der Waals surface area (Å²) in [4.78, 5) is 11.7. The molecule has 0 aromatic heterocycles. The average molecular weight is 322 g/mol. The van der Waals surface area contributed by atoms with Crippen LogP contribution in [0.3, 0.4) is 0 Å². The Bertz CT molecular complexity index is 446. The molecule has 1 amide bonds. The fourth-order valence-electron chi connectivity index (χ4n) is 2.02. The quantitative estimate of drug-likeness (QED) is 0.548. The Kier molecular flexibility index (Phi) is 9.33. The van der Waals surface area contributed by atoms with Crippen LogP contribution in [-0.2, 0) is 4.79 Å². The first-order valence-corrected chi connectivity index (χ1v) is 8.45. The minimum absolute atomic E-state index is 0.0438. The largest absolute Gasteiger partial charge is 0.491 e. The Morgan fingerprint density at radius 1 is 1.22 bits per heavy atom. The highest BCUT2D eigenvalue weighted by molar-refractivity contribution is 5.90. The normalized spacial score (nSPS) is 12.2. The molecule has 0 fully saturated rings. The van der Waals surface area contributed by atoms with Crippen molar-refractivity contribution >= 4 is 11.6 Å². The molecular formula is C18H30N2O3. The Hall–Kier alpha value is -1.59. The van der Waals surface area contributed by atoms with E-state index in [9.17, 15) is 9.90 Å². The van der Waals surface area contributed by atoms with Gasteiger partial charge in [-0.2, -0.15) is 0 Å². The van der Waals surface area contributed by atoms with Gasteiger partial charge in [-0.25, -0.2) is 0 Å². The van der Waals surface area contributed by atoms with E-state index in [4.69, 9.17) is 4.74 Å². The van der Waals surface area contributed by atoms with Crippen LogP contribution in [0, 0.1) is 0 Å². The molecule has 1 aromatic rings. The number of hydrogen-bond donors (Lipinski definition) is 3. The number of aliphatic hydroxyl groups is 1. The summed E-state index contributed by atoms with van der Waals surface area (Å²) < 4.78 is 5.54. The van der Waals surface area contributed by atoms with Gasteiger partial charge in [0.2, 0.25) is 5.91 Å². The van der Waals surface area contributed by atoms with Gasteiger partial charge in [-0.1, -0.05) is 33.6 Å². The highest BCUT2D eigenvalue weighted by Crippen LogP contribution is 2.16. The van der Waals surface area contributed by atoms with Crippen LogP contribution in [0.1, 0.15) is 46.5 Å². The van der Waals surface area contributed by atoms with Crippen LogP contribution in [0.25, 0.3) is 0 Å². The number of anilines is 1. The zero-order chi connectivity index (χ0) is 17.1. The molecule has 5 nitrogen and oxygen atoms in total. The predicted octanol–water partition coefficient (Wildman–Crippen LogP) is 2.94. The van der Waals surface area contributed by atoms with Gasteiger partial charge in [-0.15, -0.1) is 0 Å². The Morgan fingerprint density at radius 3 is 2.52 bits per heavy atom. The summed E-state index contributed by atoms with van der Waals surface area (Å²) in [5, 5.41) is 15.8. The maximum atomic E-state index is 11.7. The van der Waals surface area contributed by atoms with E-state index in [-0.39, 0.29) is 12.5 Å². The zero-order valence-electron chi connectivity index (χ0n) is 14.5. The number of hydrogen-bond acceptors (Lipinski definition) is 4. The first-order chi connectivity index (χ1) is 11.0. The van der Waals surface area contributed by atoms with E-state index in [0.29, 0.717) is 24.8 Å². The molecule has 1 rings (SSSR count). The van der Waals surface area contributed by atoms with Crippen molar-refractivity contribution in [2.24, 2.45) is 0 Å². The number of nitrogens with one attached hydrogen (secondary N) is 2. The van der Waals surface area contributed by atoms with Crippen molar-refractivity contribution in [3.05, 3.63) is 24.3 Å². The fourth-order valence-corrected chi connectivity index (χ4v) is 2.02. The Labute approximate surface area is 139 Å². The lowest BCUT2D eigenvalue weighted by Crippen LogP contribution is -2.35. The number of rotatable bonds is 11. The van der Waals surface area contributed by atoms with Crippen LogP contribution in [-0.4, -0.2) is 36.3 Å². The second-order valence-electron chi connectivity index (χ2n) is 6.06. The Balaban J connectivity index is 2.31. The molecular weight excluding hydrogens is 292 g/mol. The van der Waals surface area contributed by atoms with Crippen molar-refractivity contribution in [2.45, 2.75) is 58.6 Å². The van der Waals surface area contributed by atoms with Crippen LogP contribution in [0.15, 0.2) is 24.3 Å². The van der Waals surface area contributed by atoms with Crippen LogP contribution in [0.4, 0.5) is 5.69 Å². The number of aliphatic hydroxyl groups excluding tert-OH is 1. The predicted molar refractivity (Wildman–Crippen MR) is 93.9 cm³/mol. The molecule has 0 aliphatic rings. The molecule has 5 heteroatoms. The molecule has 0 saturated carbocycles. The van der Waals surface area contributed by atoms with Crippen molar-refractivity contribution in [1.29, 1.82) is 0 Å². The molecule has 23 heavy (non-hydrogen) atoms. The van der Waals surface area contributed by atoms with Crippen LogP contribution in [0.2, 0.25) is 0 Å². The van der Waals surface area contributed by atoms with Gasteiger partial charge in [0, 0.05) is 24.7 Å². The third kappa shape index (κ3) is 9.21. The molecule has 0 saturated heterocycles. The number of ether oxygens (including phenoxy) is 1. The number of unbranched alkanes of at least 4 members (excludes halogenated alkanes) is 2. The monoisotopic (exact) mass is 322 g/mol. The molecule has 3 N–H and O–H groups in total. The maximum Gasteiger partial charge on any atom is 0.224 e. The molecule has 1 unspecified atom stereocenters. The molecule has 0 aliphatic heterocycles. The van der Waals surface area contributed by atoms with Gasteiger partial charge < -0.3 is 20.5 Å². The van der Waals surface area contributed by atoms with E-state index in [1.54, 1.807) is 12.1 Å². The third-order valence-corrected chi connectivity index (χ3v) is 3.35. The summed E-state index contributed by atoms with van der Waals surface area (Å²) in [7, 11) is 0. The number of benzene rings is 1. The SMILES string of the molecule is CCCCCC(=O)Nc1ccc(OCC(O)CNC(C)C)cc1. The Morgan fingerprint density at radius 2 is 1.91 bits per heavy atom. The van der Waals surface area contributed by atoms with Crippen molar-refractivity contribution in [1.82, 2.24) is 5.32 Å². The summed E-state index contributed by atoms with van der Waals surface area (Å²) in [6.45, 7) is 6.92. The lowest BCUT2D eigenvalue weighted by Gasteiger charge is -2.15. The summed E-state index contributed by atoms with van der Waals surface area (Å²) in [6, 6.07) is 7.55. The standard InChI is InChI=1S/C18H30N2O3/c1-4-5-6-7-18(22)20-15-8-10-17(11-9-15)23-13-16(21)12-19-14(2)3/h8-11,14,16,19,21H,4-7,12-13H2,1-3H3,(H,20,22). The van der Waals surface area contributed by atoms with Crippen molar-refractivity contribution < 1.29 is 14.6 Å². The maximum absolute atomic E-state index is 11.7. The number of amides is 1.